The van der Waals surface area contributed by atoms with Crippen LogP contribution in [0.4, 0.5) is 0 Å². The van der Waals surface area contributed by atoms with Gasteiger partial charge in [0.05, 0.1) is 25.5 Å². The third kappa shape index (κ3) is 4.04. The lowest BCUT2D eigenvalue weighted by atomic mass is 9.98. The van der Waals surface area contributed by atoms with Crippen molar-refractivity contribution >= 4 is 5.91 Å². The molecule has 7 heteroatoms. The molecule has 2 N–H and O–H groups in total. The number of aliphatic hydroxyl groups is 2. The number of aliphatic hydroxyl groups excluding tert-OH is 2. The molecule has 0 saturated carbocycles. The second-order valence-corrected chi connectivity index (χ2v) is 7.05. The molecule has 1 aliphatic carbocycles. The Kier molecular flexibility index (Phi) is 6.09. The Bertz CT molecular complexity index is 589. The van der Waals surface area contributed by atoms with E-state index in [1.807, 2.05) is 17.8 Å². The van der Waals surface area contributed by atoms with Gasteiger partial charge in [-0.05, 0) is 37.7 Å². The van der Waals surface area contributed by atoms with Crippen LogP contribution in [0.1, 0.15) is 43.9 Å². The molecule has 2 heterocycles. The Morgan fingerprint density at radius 3 is 2.96 bits per heavy atom. The molecule has 0 unspecified atom stereocenters. The van der Waals surface area contributed by atoms with Gasteiger partial charge in [0, 0.05) is 25.2 Å². The zero-order valence-corrected chi connectivity index (χ0v) is 14.9. The molecule has 1 aromatic heterocycles. The van der Waals surface area contributed by atoms with Gasteiger partial charge in [0.25, 0.3) is 0 Å². The molecule has 7 nitrogen and oxygen atoms in total. The van der Waals surface area contributed by atoms with Crippen LogP contribution in [0.25, 0.3) is 0 Å². The van der Waals surface area contributed by atoms with Crippen LogP contribution in [0.2, 0.25) is 0 Å². The molecule has 2 aliphatic rings. The van der Waals surface area contributed by atoms with Crippen LogP contribution in [-0.2, 0) is 28.9 Å². The van der Waals surface area contributed by atoms with Crippen molar-refractivity contribution in [3.63, 3.8) is 0 Å². The Hall–Kier alpha value is -1.44. The molecule has 0 radical (unpaired) electrons. The summed E-state index contributed by atoms with van der Waals surface area (Å²) in [5.41, 5.74) is 2.57. The Morgan fingerprint density at radius 2 is 2.16 bits per heavy atom. The predicted molar refractivity (Wildman–Crippen MR) is 92.1 cm³/mol. The smallest absolute Gasteiger partial charge is 0.224 e. The maximum atomic E-state index is 12.8. The Balaban J connectivity index is 1.64. The van der Waals surface area contributed by atoms with Gasteiger partial charge in [-0.1, -0.05) is 6.92 Å². The maximum absolute atomic E-state index is 12.8. The van der Waals surface area contributed by atoms with Crippen LogP contribution in [0.15, 0.2) is 6.20 Å². The molecular weight excluding hydrogens is 322 g/mol. The summed E-state index contributed by atoms with van der Waals surface area (Å²) in [7, 11) is 0. The average Bonchev–Trinajstić information content (AvgIpc) is 3.03. The fourth-order valence-electron chi connectivity index (χ4n) is 3.85. The second kappa shape index (κ2) is 8.29. The Labute approximate surface area is 148 Å². The van der Waals surface area contributed by atoms with Crippen LogP contribution < -0.4 is 0 Å². The average molecular weight is 351 g/mol. The van der Waals surface area contributed by atoms with Crippen molar-refractivity contribution in [2.24, 2.45) is 0 Å². The number of amides is 1. The summed E-state index contributed by atoms with van der Waals surface area (Å²) in [4.78, 5) is 14.5. The number of carbonyl (C=O) groups excluding carboxylic acids is 1. The molecule has 0 spiro atoms. The summed E-state index contributed by atoms with van der Waals surface area (Å²) in [5, 5.41) is 24.5. The molecule has 1 saturated heterocycles. The van der Waals surface area contributed by atoms with Crippen molar-refractivity contribution in [1.29, 1.82) is 0 Å². The summed E-state index contributed by atoms with van der Waals surface area (Å²) in [5.74, 6) is -0.0244. The molecule has 1 fully saturated rings. The standard InChI is InChI=1S/C18H29N3O4/c1-2-8-20(15-11-25-12-16(22)18(15)24)17(23)7-9-21-14-6-4-3-5-13(14)10-19-21/h10,15-16,18,22,24H,2-9,11-12H2,1H3/t15-,16-,18+/m1/s1. The first-order valence-corrected chi connectivity index (χ1v) is 9.38. The van der Waals surface area contributed by atoms with E-state index in [0.29, 0.717) is 19.5 Å². The minimum atomic E-state index is -0.957. The summed E-state index contributed by atoms with van der Waals surface area (Å²) < 4.78 is 7.30. The zero-order valence-electron chi connectivity index (χ0n) is 14.9. The van der Waals surface area contributed by atoms with Gasteiger partial charge in [0.1, 0.15) is 12.2 Å². The minimum absolute atomic E-state index is 0.0244. The van der Waals surface area contributed by atoms with E-state index in [9.17, 15) is 15.0 Å². The molecule has 1 aliphatic heterocycles. The highest BCUT2D eigenvalue weighted by atomic mass is 16.5. The molecule has 0 aromatic carbocycles. The van der Waals surface area contributed by atoms with Gasteiger partial charge in [-0.2, -0.15) is 5.10 Å². The number of rotatable bonds is 6. The maximum Gasteiger partial charge on any atom is 0.224 e. The molecule has 1 amide bonds. The lowest BCUT2D eigenvalue weighted by Gasteiger charge is -2.39. The van der Waals surface area contributed by atoms with Crippen molar-refractivity contribution in [3.8, 4) is 0 Å². The SMILES string of the molecule is CCCN(C(=O)CCn1ncc2c1CCCC2)[C@@H]1COC[C@@H](O)[C@H]1O. The van der Waals surface area contributed by atoms with E-state index in [2.05, 4.69) is 5.10 Å². The topological polar surface area (TPSA) is 87.8 Å². The van der Waals surface area contributed by atoms with E-state index in [1.165, 1.54) is 24.1 Å². The van der Waals surface area contributed by atoms with Gasteiger partial charge in [0.15, 0.2) is 0 Å². The number of carbonyl (C=O) groups is 1. The zero-order chi connectivity index (χ0) is 17.8. The highest BCUT2D eigenvalue weighted by Crippen LogP contribution is 2.21. The summed E-state index contributed by atoms with van der Waals surface area (Å²) in [6, 6.07) is -0.484. The van der Waals surface area contributed by atoms with Crippen molar-refractivity contribution in [1.82, 2.24) is 14.7 Å². The van der Waals surface area contributed by atoms with Gasteiger partial charge >= 0.3 is 0 Å². The first-order chi connectivity index (χ1) is 12.1. The van der Waals surface area contributed by atoms with Crippen molar-refractivity contribution < 1.29 is 19.7 Å². The summed E-state index contributed by atoms with van der Waals surface area (Å²) in [6.45, 7) is 3.48. The molecule has 3 rings (SSSR count). The van der Waals surface area contributed by atoms with Gasteiger partial charge < -0.3 is 19.8 Å². The van der Waals surface area contributed by atoms with Gasteiger partial charge in [-0.25, -0.2) is 0 Å². The van der Waals surface area contributed by atoms with Gasteiger partial charge in [-0.3, -0.25) is 9.48 Å². The monoisotopic (exact) mass is 351 g/mol. The number of fused-ring (bicyclic) bond motifs is 1. The number of aromatic nitrogens is 2. The number of ether oxygens (including phenoxy) is 1. The first kappa shape index (κ1) is 18.4. The number of hydrogen-bond donors (Lipinski definition) is 2. The van der Waals surface area contributed by atoms with Crippen LogP contribution >= 0.6 is 0 Å². The molecule has 1 aromatic rings. The third-order valence-electron chi connectivity index (χ3n) is 5.23. The van der Waals surface area contributed by atoms with Crippen LogP contribution in [0, 0.1) is 0 Å². The van der Waals surface area contributed by atoms with Crippen molar-refractivity contribution in [2.75, 3.05) is 19.8 Å². The fourth-order valence-corrected chi connectivity index (χ4v) is 3.85. The number of hydrogen-bond acceptors (Lipinski definition) is 5. The minimum Gasteiger partial charge on any atom is -0.388 e. The molecular formula is C18H29N3O4. The Morgan fingerprint density at radius 1 is 1.36 bits per heavy atom. The van der Waals surface area contributed by atoms with Crippen LogP contribution in [0.5, 0.6) is 0 Å². The third-order valence-corrected chi connectivity index (χ3v) is 5.23. The van der Waals surface area contributed by atoms with Gasteiger partial charge in [-0.15, -0.1) is 0 Å². The van der Waals surface area contributed by atoms with E-state index in [0.717, 1.165) is 19.3 Å². The second-order valence-electron chi connectivity index (χ2n) is 7.05. The fraction of sp³-hybridized carbons (Fsp3) is 0.778. The number of aryl methyl sites for hydroxylation is 2. The normalized spacial score (nSPS) is 26.3. The molecule has 3 atom stereocenters. The van der Waals surface area contributed by atoms with Crippen LogP contribution in [-0.4, -0.2) is 68.8 Å². The van der Waals surface area contributed by atoms with E-state index >= 15 is 0 Å². The van der Waals surface area contributed by atoms with E-state index in [1.54, 1.807) is 4.90 Å². The lowest BCUT2D eigenvalue weighted by molar-refractivity contribution is -0.156. The first-order valence-electron chi connectivity index (χ1n) is 9.38. The predicted octanol–water partition coefficient (Wildman–Crippen LogP) is 0.511. The van der Waals surface area contributed by atoms with Gasteiger partial charge in [0.2, 0.25) is 5.91 Å². The molecule has 140 valence electrons. The van der Waals surface area contributed by atoms with E-state index in [-0.39, 0.29) is 19.1 Å². The molecule has 25 heavy (non-hydrogen) atoms. The van der Waals surface area contributed by atoms with Crippen LogP contribution in [0.3, 0.4) is 0 Å². The highest BCUT2D eigenvalue weighted by molar-refractivity contribution is 5.76. The molecule has 0 bridgehead atoms. The van der Waals surface area contributed by atoms with Crippen molar-refractivity contribution in [2.45, 2.75) is 70.2 Å². The van der Waals surface area contributed by atoms with E-state index < -0.39 is 18.2 Å². The highest BCUT2D eigenvalue weighted by Gasteiger charge is 2.37. The summed E-state index contributed by atoms with van der Waals surface area (Å²) in [6.07, 6.45) is 5.67. The number of nitrogens with zero attached hydrogens (tertiary/aromatic N) is 3. The lowest BCUT2D eigenvalue weighted by Crippen LogP contribution is -2.57. The van der Waals surface area contributed by atoms with Crippen molar-refractivity contribution in [3.05, 3.63) is 17.5 Å². The van der Waals surface area contributed by atoms with E-state index in [4.69, 9.17) is 4.74 Å². The summed E-state index contributed by atoms with van der Waals surface area (Å²) >= 11 is 0. The largest absolute Gasteiger partial charge is 0.388 e. The quantitative estimate of drug-likeness (QED) is 0.780.